The van der Waals surface area contributed by atoms with Crippen molar-refractivity contribution in [2.24, 2.45) is 11.8 Å². The number of hydrogen-bond donors (Lipinski definition) is 1. The topological polar surface area (TPSA) is 152 Å². The van der Waals surface area contributed by atoms with E-state index in [9.17, 15) is 19.5 Å². The van der Waals surface area contributed by atoms with Crippen LogP contribution in [0.3, 0.4) is 0 Å². The average Bonchev–Trinajstić information content (AvgIpc) is 3.75. The molecule has 294 valence electrons. The number of aliphatic hydroxyl groups is 1. The standard InChI is InChI=1S/C40H50BrNO12/c1-24(2)30-23-51-40(46)42(30)38(45)25(3)34(52-26(4)44)32-19-29(41)31(53-32)17-12-18-48-37-36(50-22-28-15-10-7-11-16-28)35(33(20-43)54-39(37)47-5)49-21-27-13-8-6-9-14-27/h6-11,13-16,19,24-25,30,33-37,39,43H,12,17-18,20-23H2,1-5H3/t25-,30+,33-,34-,35-,36+,37+,39+/m1/s1. The summed E-state index contributed by atoms with van der Waals surface area (Å²) in [5.74, 6) is -1.29. The van der Waals surface area contributed by atoms with Gasteiger partial charge in [-0.15, -0.1) is 0 Å². The van der Waals surface area contributed by atoms with Crippen molar-refractivity contribution >= 4 is 33.9 Å². The molecule has 2 amide bonds. The Morgan fingerprint density at radius 1 is 0.944 bits per heavy atom. The molecule has 8 atom stereocenters. The molecule has 2 aromatic carbocycles. The van der Waals surface area contributed by atoms with Gasteiger partial charge in [0, 0.05) is 27.1 Å². The number of nitrogens with zero attached hydrogens (tertiary/aromatic N) is 1. The second-order valence-electron chi connectivity index (χ2n) is 13.8. The molecule has 0 saturated carbocycles. The van der Waals surface area contributed by atoms with Crippen molar-refractivity contribution in [3.8, 4) is 0 Å². The summed E-state index contributed by atoms with van der Waals surface area (Å²) in [7, 11) is 1.51. The third-order valence-corrected chi connectivity index (χ3v) is 10.2. The Morgan fingerprint density at radius 3 is 2.15 bits per heavy atom. The van der Waals surface area contributed by atoms with Crippen molar-refractivity contribution in [1.82, 2.24) is 4.90 Å². The first-order valence-corrected chi connectivity index (χ1v) is 19.0. The summed E-state index contributed by atoms with van der Waals surface area (Å²) in [5, 5.41) is 10.3. The number of methoxy groups -OCH3 is 1. The first kappa shape index (κ1) is 41.5. The van der Waals surface area contributed by atoms with Crippen LogP contribution in [0.25, 0.3) is 0 Å². The fourth-order valence-electron chi connectivity index (χ4n) is 6.62. The molecule has 2 aliphatic rings. The Bertz CT molecular complexity index is 1650. The number of benzene rings is 2. The van der Waals surface area contributed by atoms with E-state index in [0.29, 0.717) is 23.1 Å². The Kier molecular flexibility index (Phi) is 15.2. The second-order valence-corrected chi connectivity index (χ2v) is 14.6. The summed E-state index contributed by atoms with van der Waals surface area (Å²) in [5.41, 5.74) is 1.92. The van der Waals surface area contributed by atoms with E-state index in [2.05, 4.69) is 15.9 Å². The number of furan rings is 1. The van der Waals surface area contributed by atoms with Crippen molar-refractivity contribution in [2.45, 2.75) is 96.6 Å². The number of esters is 1. The maximum Gasteiger partial charge on any atom is 0.416 e. The zero-order valence-corrected chi connectivity index (χ0v) is 32.8. The highest BCUT2D eigenvalue weighted by atomic mass is 79.9. The van der Waals surface area contributed by atoms with E-state index in [-0.39, 0.29) is 44.7 Å². The predicted molar refractivity (Wildman–Crippen MR) is 198 cm³/mol. The van der Waals surface area contributed by atoms with Crippen molar-refractivity contribution < 1.29 is 57.1 Å². The van der Waals surface area contributed by atoms with Gasteiger partial charge in [-0.25, -0.2) is 9.69 Å². The molecule has 54 heavy (non-hydrogen) atoms. The van der Waals surface area contributed by atoms with Crippen LogP contribution in [0.15, 0.2) is 75.6 Å². The van der Waals surface area contributed by atoms with Crippen LogP contribution in [0.5, 0.6) is 0 Å². The van der Waals surface area contributed by atoms with Crippen molar-refractivity contribution in [3.63, 3.8) is 0 Å². The fraction of sp³-hybridized carbons (Fsp3) is 0.525. The maximum atomic E-state index is 13.6. The number of carbonyl (C=O) groups is 3. The van der Waals surface area contributed by atoms with Crippen LogP contribution < -0.4 is 0 Å². The summed E-state index contributed by atoms with van der Waals surface area (Å²) in [6, 6.07) is 20.7. The average molecular weight is 817 g/mol. The van der Waals surface area contributed by atoms with Gasteiger partial charge in [-0.3, -0.25) is 9.59 Å². The minimum atomic E-state index is -1.09. The molecule has 2 aliphatic heterocycles. The van der Waals surface area contributed by atoms with Gasteiger partial charge in [-0.1, -0.05) is 74.5 Å². The Labute approximate surface area is 324 Å². The van der Waals surface area contributed by atoms with Crippen LogP contribution >= 0.6 is 15.9 Å². The molecule has 14 heteroatoms. The first-order valence-electron chi connectivity index (χ1n) is 18.2. The quantitative estimate of drug-likeness (QED) is 0.116. The molecule has 0 radical (unpaired) electrons. The third kappa shape index (κ3) is 10.4. The number of halogens is 1. The number of ether oxygens (including phenoxy) is 7. The molecule has 0 unspecified atom stereocenters. The Hall–Kier alpha value is -3.63. The SMILES string of the molecule is CO[C@H]1O[C@H](CO)[C@@H](OCc2ccccc2)[C@H](OCc2ccccc2)[C@@H]1OCCCc1oc([C@H](OC(C)=O)[C@@H](C)C(=O)N2C(=O)OC[C@H]2C(C)C)cc1Br. The number of carbonyl (C=O) groups excluding carboxylic acids is 3. The van der Waals surface area contributed by atoms with Crippen LogP contribution in [0.2, 0.25) is 0 Å². The Balaban J connectivity index is 1.28. The second kappa shape index (κ2) is 19.8. The molecule has 2 fully saturated rings. The minimum absolute atomic E-state index is 0.0276. The molecular weight excluding hydrogens is 766 g/mol. The van der Waals surface area contributed by atoms with Gasteiger partial charge in [0.1, 0.15) is 42.5 Å². The Morgan fingerprint density at radius 2 is 1.57 bits per heavy atom. The normalized spacial score (nSPS) is 24.0. The number of aliphatic hydroxyl groups excluding tert-OH is 1. The van der Waals surface area contributed by atoms with Crippen LogP contribution in [0.1, 0.15) is 62.9 Å². The maximum absolute atomic E-state index is 13.6. The lowest BCUT2D eigenvalue weighted by Crippen LogP contribution is -2.61. The van der Waals surface area contributed by atoms with Gasteiger partial charge < -0.3 is 42.7 Å². The highest BCUT2D eigenvalue weighted by Crippen LogP contribution is 2.36. The van der Waals surface area contributed by atoms with Gasteiger partial charge in [0.25, 0.3) is 0 Å². The van der Waals surface area contributed by atoms with E-state index < -0.39 is 66.7 Å². The molecule has 1 aromatic heterocycles. The number of rotatable bonds is 18. The lowest BCUT2D eigenvalue weighted by Gasteiger charge is -2.45. The van der Waals surface area contributed by atoms with Crippen LogP contribution in [-0.4, -0.2) is 91.7 Å². The molecule has 0 bridgehead atoms. The molecule has 5 rings (SSSR count). The molecule has 3 aromatic rings. The van der Waals surface area contributed by atoms with Gasteiger partial charge in [0.05, 0.1) is 36.3 Å². The number of cyclic esters (lactones) is 1. The molecule has 13 nitrogen and oxygen atoms in total. The number of imide groups is 1. The lowest BCUT2D eigenvalue weighted by molar-refractivity contribution is -0.319. The highest BCUT2D eigenvalue weighted by molar-refractivity contribution is 9.10. The molecule has 3 heterocycles. The van der Waals surface area contributed by atoms with E-state index in [1.54, 1.807) is 13.0 Å². The van der Waals surface area contributed by atoms with Gasteiger partial charge in [-0.2, -0.15) is 0 Å². The fourth-order valence-corrected chi connectivity index (χ4v) is 7.12. The van der Waals surface area contributed by atoms with Gasteiger partial charge in [-0.05, 0) is 52.4 Å². The lowest BCUT2D eigenvalue weighted by atomic mass is 9.98. The summed E-state index contributed by atoms with van der Waals surface area (Å²) < 4.78 is 48.8. The van der Waals surface area contributed by atoms with Crippen molar-refractivity contribution in [2.75, 3.05) is 26.9 Å². The van der Waals surface area contributed by atoms with E-state index in [1.807, 2.05) is 74.5 Å². The molecule has 0 aliphatic carbocycles. The molecule has 0 spiro atoms. The predicted octanol–water partition coefficient (Wildman–Crippen LogP) is 6.14. The van der Waals surface area contributed by atoms with Gasteiger partial charge in [0.2, 0.25) is 5.91 Å². The van der Waals surface area contributed by atoms with Crippen LogP contribution in [-0.2, 0) is 62.4 Å². The minimum Gasteiger partial charge on any atom is -0.461 e. The van der Waals surface area contributed by atoms with E-state index >= 15 is 0 Å². The number of aryl methyl sites for hydroxylation is 1. The summed E-state index contributed by atoms with van der Waals surface area (Å²) in [6.45, 7) is 7.23. The zero-order chi connectivity index (χ0) is 38.8. The van der Waals surface area contributed by atoms with Gasteiger partial charge >= 0.3 is 12.1 Å². The first-order chi connectivity index (χ1) is 26.0. The van der Waals surface area contributed by atoms with E-state index in [1.165, 1.54) is 14.0 Å². The van der Waals surface area contributed by atoms with E-state index in [0.717, 1.165) is 16.0 Å². The molecule has 1 N–H and O–H groups in total. The zero-order valence-electron chi connectivity index (χ0n) is 31.3. The van der Waals surface area contributed by atoms with Gasteiger partial charge in [0.15, 0.2) is 12.4 Å². The van der Waals surface area contributed by atoms with E-state index in [4.69, 9.17) is 37.6 Å². The monoisotopic (exact) mass is 815 g/mol. The number of hydrogen-bond acceptors (Lipinski definition) is 12. The summed E-state index contributed by atoms with van der Waals surface area (Å²) in [6.07, 6.45) is -4.56. The highest BCUT2D eigenvalue weighted by Gasteiger charge is 2.49. The third-order valence-electron chi connectivity index (χ3n) is 9.54. The summed E-state index contributed by atoms with van der Waals surface area (Å²) in [4.78, 5) is 39.4. The van der Waals surface area contributed by atoms with Crippen molar-refractivity contribution in [3.05, 3.63) is 93.9 Å². The van der Waals surface area contributed by atoms with Crippen molar-refractivity contribution in [1.29, 1.82) is 0 Å². The van der Waals surface area contributed by atoms with Crippen LogP contribution in [0.4, 0.5) is 4.79 Å². The molecular formula is C40H50BrNO12. The molecule has 2 saturated heterocycles. The summed E-state index contributed by atoms with van der Waals surface area (Å²) >= 11 is 3.56. The smallest absolute Gasteiger partial charge is 0.416 e. The number of amides is 2. The van der Waals surface area contributed by atoms with Crippen LogP contribution in [0, 0.1) is 11.8 Å². The largest absolute Gasteiger partial charge is 0.461 e.